The Morgan fingerprint density at radius 1 is 0.321 bits per heavy atom. The monoisotopic (exact) mass is 708 g/mol. The van der Waals surface area contributed by atoms with Crippen molar-refractivity contribution in [2.45, 2.75) is 5.41 Å². The first kappa shape index (κ1) is 30.1. The molecule has 0 saturated heterocycles. The van der Waals surface area contributed by atoms with Crippen molar-refractivity contribution in [3.8, 4) is 44.5 Å². The molecular formula is C55H32O. The third-order valence-electron chi connectivity index (χ3n) is 12.9. The lowest BCUT2D eigenvalue weighted by Gasteiger charge is -2.32. The summed E-state index contributed by atoms with van der Waals surface area (Å²) in [5.41, 5.74) is 16.9. The summed E-state index contributed by atoms with van der Waals surface area (Å²) < 4.78 is 6.68. The Balaban J connectivity index is 1.13. The molecule has 1 spiro atoms. The summed E-state index contributed by atoms with van der Waals surface area (Å²) in [7, 11) is 0. The van der Waals surface area contributed by atoms with Crippen molar-refractivity contribution in [1.82, 2.24) is 0 Å². The molecule has 13 rings (SSSR count). The van der Waals surface area contributed by atoms with E-state index in [2.05, 4.69) is 194 Å². The van der Waals surface area contributed by atoms with Gasteiger partial charge in [-0.2, -0.15) is 0 Å². The van der Waals surface area contributed by atoms with Gasteiger partial charge in [-0.3, -0.25) is 0 Å². The maximum absolute atomic E-state index is 6.68. The first-order valence-corrected chi connectivity index (χ1v) is 19.5. The Morgan fingerprint density at radius 3 is 1.70 bits per heavy atom. The number of hydrogen-bond acceptors (Lipinski definition) is 1. The third kappa shape index (κ3) is 3.75. The highest BCUT2D eigenvalue weighted by atomic mass is 16.3. The summed E-state index contributed by atoms with van der Waals surface area (Å²) in [6.07, 6.45) is 0. The molecule has 0 saturated carbocycles. The van der Waals surface area contributed by atoms with Gasteiger partial charge in [0.1, 0.15) is 11.2 Å². The molecule has 2 aliphatic carbocycles. The minimum Gasteiger partial charge on any atom is -0.455 e. The smallest absolute Gasteiger partial charge is 0.143 e. The van der Waals surface area contributed by atoms with Gasteiger partial charge in [-0.25, -0.2) is 0 Å². The molecule has 56 heavy (non-hydrogen) atoms. The van der Waals surface area contributed by atoms with Crippen LogP contribution in [-0.2, 0) is 5.41 Å². The van der Waals surface area contributed by atoms with E-state index >= 15 is 0 Å². The minimum absolute atomic E-state index is 0.507. The fourth-order valence-electron chi connectivity index (χ4n) is 10.7. The van der Waals surface area contributed by atoms with E-state index in [-0.39, 0.29) is 0 Å². The molecule has 11 aromatic rings. The average molecular weight is 709 g/mol. The van der Waals surface area contributed by atoms with Gasteiger partial charge in [0.2, 0.25) is 0 Å². The van der Waals surface area contributed by atoms with Crippen LogP contribution < -0.4 is 0 Å². The number of hydrogen-bond donors (Lipinski definition) is 0. The normalized spacial score (nSPS) is 13.5. The Kier molecular flexibility index (Phi) is 5.89. The van der Waals surface area contributed by atoms with Crippen molar-refractivity contribution < 1.29 is 4.42 Å². The van der Waals surface area contributed by atoms with Gasteiger partial charge >= 0.3 is 0 Å². The summed E-state index contributed by atoms with van der Waals surface area (Å²) in [4.78, 5) is 0. The van der Waals surface area contributed by atoms with Crippen molar-refractivity contribution in [2.75, 3.05) is 0 Å². The second-order valence-corrected chi connectivity index (χ2v) is 15.5. The molecule has 1 nitrogen and oxygen atoms in total. The van der Waals surface area contributed by atoms with E-state index in [1.807, 2.05) is 0 Å². The highest BCUT2D eigenvalue weighted by Crippen LogP contribution is 2.64. The summed E-state index contributed by atoms with van der Waals surface area (Å²) >= 11 is 0. The van der Waals surface area contributed by atoms with Crippen LogP contribution in [0, 0.1) is 0 Å². The van der Waals surface area contributed by atoms with Crippen LogP contribution in [0.2, 0.25) is 0 Å². The predicted octanol–water partition coefficient (Wildman–Crippen LogP) is 14.7. The van der Waals surface area contributed by atoms with E-state index < -0.39 is 5.41 Å². The number of furan rings is 1. The molecule has 0 bridgehead atoms. The van der Waals surface area contributed by atoms with Crippen LogP contribution in [0.25, 0.3) is 98.8 Å². The zero-order valence-electron chi connectivity index (χ0n) is 30.4. The van der Waals surface area contributed by atoms with Gasteiger partial charge in [-0.05, 0) is 112 Å². The maximum atomic E-state index is 6.68. The molecule has 1 heterocycles. The van der Waals surface area contributed by atoms with Gasteiger partial charge in [-0.1, -0.05) is 176 Å². The molecule has 258 valence electrons. The molecule has 0 radical (unpaired) electrons. The number of fused-ring (bicyclic) bond motifs is 18. The van der Waals surface area contributed by atoms with E-state index in [4.69, 9.17) is 4.42 Å². The zero-order valence-corrected chi connectivity index (χ0v) is 30.4. The van der Waals surface area contributed by atoms with Crippen molar-refractivity contribution in [1.29, 1.82) is 0 Å². The van der Waals surface area contributed by atoms with E-state index in [9.17, 15) is 0 Å². The molecule has 2 aliphatic rings. The van der Waals surface area contributed by atoms with Crippen LogP contribution in [0.1, 0.15) is 22.3 Å². The quantitative estimate of drug-likeness (QED) is 0.174. The third-order valence-corrected chi connectivity index (χ3v) is 12.9. The molecule has 0 amide bonds. The second-order valence-electron chi connectivity index (χ2n) is 15.5. The lowest BCUT2D eigenvalue weighted by Crippen LogP contribution is -2.26. The van der Waals surface area contributed by atoms with Gasteiger partial charge in [-0.15, -0.1) is 0 Å². The number of benzene rings is 10. The summed E-state index contributed by atoms with van der Waals surface area (Å²) in [6, 6.07) is 72.1. The van der Waals surface area contributed by atoms with Crippen molar-refractivity contribution >= 4 is 54.3 Å². The molecule has 0 aliphatic heterocycles. The van der Waals surface area contributed by atoms with Crippen molar-refractivity contribution in [2.24, 2.45) is 0 Å². The lowest BCUT2D eigenvalue weighted by molar-refractivity contribution is 0.673. The molecule has 0 N–H and O–H groups in total. The zero-order chi connectivity index (χ0) is 36.5. The lowest BCUT2D eigenvalue weighted by atomic mass is 9.69. The fourth-order valence-corrected chi connectivity index (χ4v) is 10.7. The fraction of sp³-hybridized carbons (Fsp3) is 0.0182. The molecule has 0 fully saturated rings. The van der Waals surface area contributed by atoms with Crippen LogP contribution in [0.4, 0.5) is 0 Å². The highest BCUT2D eigenvalue weighted by Gasteiger charge is 2.52. The van der Waals surface area contributed by atoms with Crippen molar-refractivity contribution in [3.63, 3.8) is 0 Å². The van der Waals surface area contributed by atoms with Crippen LogP contribution in [0.3, 0.4) is 0 Å². The van der Waals surface area contributed by atoms with E-state index in [0.717, 1.165) is 27.3 Å². The highest BCUT2D eigenvalue weighted by molar-refractivity contribution is 6.19. The second kappa shape index (κ2) is 10.9. The largest absolute Gasteiger partial charge is 0.455 e. The maximum Gasteiger partial charge on any atom is 0.143 e. The number of rotatable bonds is 2. The van der Waals surface area contributed by atoms with E-state index in [1.165, 1.54) is 93.7 Å². The SMILES string of the molecule is c1ccc2c(c1)-c1ccccc1C21c2cc(-c3cccc4oc5c6ccccc6ccc5c34)ccc2-c2ccc3c(-c4cccc5ccccc45)cccc3c21. The van der Waals surface area contributed by atoms with Crippen molar-refractivity contribution in [3.05, 3.63) is 216 Å². The van der Waals surface area contributed by atoms with Gasteiger partial charge in [0.05, 0.1) is 5.41 Å². The molecule has 1 aromatic heterocycles. The van der Waals surface area contributed by atoms with Crippen LogP contribution in [0.5, 0.6) is 0 Å². The first-order valence-electron chi connectivity index (χ1n) is 19.5. The molecule has 0 atom stereocenters. The molecule has 0 unspecified atom stereocenters. The van der Waals surface area contributed by atoms with E-state index in [0.29, 0.717) is 0 Å². The van der Waals surface area contributed by atoms with Gasteiger partial charge < -0.3 is 4.42 Å². The van der Waals surface area contributed by atoms with E-state index in [1.54, 1.807) is 0 Å². The standard InChI is InChI=1S/C55H32O/c1-3-15-36-33(12-1)14-9-20-39(36)40-21-10-22-45-41(40)30-31-46-44-28-27-35(37-19-11-25-51-52(37)47-29-26-34-13-2-4-16-38(34)54(47)56-51)32-50(44)55(53(45)46)48-23-7-5-17-42(48)43-18-6-8-24-49(43)55/h1-32H. The Hall–Kier alpha value is -7.22. The predicted molar refractivity (Wildman–Crippen MR) is 233 cm³/mol. The molecule has 10 aromatic carbocycles. The van der Waals surface area contributed by atoms with Gasteiger partial charge in [0.25, 0.3) is 0 Å². The summed E-state index contributed by atoms with van der Waals surface area (Å²) in [5, 5.41) is 9.75. The average Bonchev–Trinajstić information content (AvgIpc) is 3.90. The van der Waals surface area contributed by atoms with Crippen LogP contribution in [-0.4, -0.2) is 0 Å². The van der Waals surface area contributed by atoms with Crippen LogP contribution >= 0.6 is 0 Å². The summed E-state index contributed by atoms with van der Waals surface area (Å²) in [5.74, 6) is 0. The molecular weight excluding hydrogens is 677 g/mol. The topological polar surface area (TPSA) is 13.1 Å². The Bertz CT molecular complexity index is 3440. The minimum atomic E-state index is -0.507. The Morgan fingerprint density at radius 2 is 0.875 bits per heavy atom. The van der Waals surface area contributed by atoms with Gasteiger partial charge in [0, 0.05) is 16.2 Å². The Labute approximate surface area is 323 Å². The van der Waals surface area contributed by atoms with Gasteiger partial charge in [0.15, 0.2) is 0 Å². The summed E-state index contributed by atoms with van der Waals surface area (Å²) in [6.45, 7) is 0. The van der Waals surface area contributed by atoms with Crippen LogP contribution in [0.15, 0.2) is 199 Å². The first-order chi connectivity index (χ1) is 27.8. The molecule has 1 heteroatoms.